The molecule has 1 aromatic heterocycles. The number of nitrogens with two attached hydrogens (primary N) is 1. The van der Waals surface area contributed by atoms with Crippen molar-refractivity contribution in [1.29, 1.82) is 0 Å². The van der Waals surface area contributed by atoms with E-state index in [1.165, 1.54) is 0 Å². The minimum Gasteiger partial charge on any atom is -0.344 e. The van der Waals surface area contributed by atoms with Crippen LogP contribution >= 0.6 is 24.8 Å². The largest absolute Gasteiger partial charge is 0.417 e. The molecule has 1 aromatic rings. The fourth-order valence-electron chi connectivity index (χ4n) is 2.12. The number of alkyl halides is 3. The van der Waals surface area contributed by atoms with E-state index in [1.54, 1.807) is 6.92 Å². The molecule has 1 heterocycles. The zero-order valence-corrected chi connectivity index (χ0v) is 14.7. The van der Waals surface area contributed by atoms with Gasteiger partial charge in [0.25, 0.3) is 5.91 Å². The van der Waals surface area contributed by atoms with Crippen molar-refractivity contribution in [3.63, 3.8) is 0 Å². The Labute approximate surface area is 146 Å². The monoisotopic (exact) mass is 375 g/mol. The van der Waals surface area contributed by atoms with Gasteiger partial charge in [0.05, 0.1) is 11.1 Å². The molecule has 3 N–H and O–H groups in total. The van der Waals surface area contributed by atoms with Gasteiger partial charge in [-0.1, -0.05) is 13.8 Å². The van der Waals surface area contributed by atoms with Crippen molar-refractivity contribution >= 4 is 30.7 Å². The third-order valence-electron chi connectivity index (χ3n) is 3.05. The van der Waals surface area contributed by atoms with Crippen LogP contribution in [-0.4, -0.2) is 23.0 Å². The van der Waals surface area contributed by atoms with Crippen molar-refractivity contribution < 1.29 is 18.0 Å². The van der Waals surface area contributed by atoms with E-state index in [0.717, 1.165) is 12.1 Å². The zero-order valence-electron chi connectivity index (χ0n) is 13.1. The topological polar surface area (TPSA) is 68.0 Å². The second kappa shape index (κ2) is 9.30. The number of hydrogen-bond acceptors (Lipinski definition) is 3. The fraction of sp³-hybridized carbons (Fsp3) is 0.571. The van der Waals surface area contributed by atoms with Crippen LogP contribution < -0.4 is 11.1 Å². The van der Waals surface area contributed by atoms with Crippen LogP contribution in [0.25, 0.3) is 0 Å². The molecule has 0 aromatic carbocycles. The predicted octanol–water partition coefficient (Wildman–Crippen LogP) is 3.44. The molecular weight excluding hydrogens is 354 g/mol. The van der Waals surface area contributed by atoms with Crippen LogP contribution in [0.15, 0.2) is 18.3 Å². The van der Waals surface area contributed by atoms with Crippen LogP contribution in [0.4, 0.5) is 13.2 Å². The molecule has 1 atom stereocenters. The van der Waals surface area contributed by atoms with Crippen LogP contribution in [0.3, 0.4) is 0 Å². The van der Waals surface area contributed by atoms with Gasteiger partial charge in [0, 0.05) is 12.7 Å². The van der Waals surface area contributed by atoms with E-state index in [9.17, 15) is 18.0 Å². The highest BCUT2D eigenvalue weighted by Crippen LogP contribution is 2.28. The highest BCUT2D eigenvalue weighted by atomic mass is 35.5. The van der Waals surface area contributed by atoms with Gasteiger partial charge in [-0.3, -0.25) is 9.78 Å². The Morgan fingerprint density at radius 3 is 2.22 bits per heavy atom. The summed E-state index contributed by atoms with van der Waals surface area (Å²) in [6, 6.07) is 1.90. The van der Waals surface area contributed by atoms with Crippen LogP contribution in [0, 0.1) is 5.92 Å². The number of aromatic nitrogens is 1. The summed E-state index contributed by atoms with van der Waals surface area (Å²) in [6.07, 6.45) is -3.15. The molecule has 0 aliphatic rings. The summed E-state index contributed by atoms with van der Waals surface area (Å²) in [5.74, 6) is -0.211. The molecule has 4 nitrogen and oxygen atoms in total. The summed E-state index contributed by atoms with van der Waals surface area (Å²) in [7, 11) is 0. The van der Waals surface area contributed by atoms with Gasteiger partial charge in [-0.05, 0) is 31.4 Å². The molecule has 0 saturated carbocycles. The van der Waals surface area contributed by atoms with Crippen molar-refractivity contribution in [3.8, 4) is 0 Å². The molecule has 0 fully saturated rings. The number of carbonyl (C=O) groups excluding carboxylic acids is 1. The maximum Gasteiger partial charge on any atom is 0.417 e. The molecule has 0 aliphatic heterocycles. The summed E-state index contributed by atoms with van der Waals surface area (Å²) < 4.78 is 37.3. The SMILES string of the molecule is CC(C)CC(C)(CN)NC(=O)c1ccc(C(F)(F)F)cn1.Cl.Cl. The Morgan fingerprint density at radius 2 is 1.87 bits per heavy atom. The van der Waals surface area contributed by atoms with Crippen molar-refractivity contribution in [2.75, 3.05) is 6.54 Å². The quantitative estimate of drug-likeness (QED) is 0.827. The fourth-order valence-corrected chi connectivity index (χ4v) is 2.12. The number of nitrogens with zero attached hydrogens (tertiary/aromatic N) is 1. The van der Waals surface area contributed by atoms with Gasteiger partial charge in [-0.25, -0.2) is 0 Å². The second-order valence-corrected chi connectivity index (χ2v) is 5.75. The Bertz CT molecular complexity index is 495. The average Bonchev–Trinajstić information content (AvgIpc) is 2.36. The third-order valence-corrected chi connectivity index (χ3v) is 3.05. The van der Waals surface area contributed by atoms with E-state index in [2.05, 4.69) is 10.3 Å². The third kappa shape index (κ3) is 7.37. The second-order valence-electron chi connectivity index (χ2n) is 5.75. The summed E-state index contributed by atoms with van der Waals surface area (Å²) in [5, 5.41) is 2.74. The van der Waals surface area contributed by atoms with E-state index >= 15 is 0 Å². The smallest absolute Gasteiger partial charge is 0.344 e. The molecule has 23 heavy (non-hydrogen) atoms. The van der Waals surface area contributed by atoms with Crippen molar-refractivity contribution in [1.82, 2.24) is 10.3 Å². The van der Waals surface area contributed by atoms with Gasteiger partial charge < -0.3 is 11.1 Å². The molecule has 1 rings (SSSR count). The number of amides is 1. The first kappa shape index (κ1) is 24.2. The minimum atomic E-state index is -4.47. The van der Waals surface area contributed by atoms with Crippen LogP contribution in [0.5, 0.6) is 0 Å². The van der Waals surface area contributed by atoms with Gasteiger partial charge in [0.1, 0.15) is 5.69 Å². The number of pyridine rings is 1. The van der Waals surface area contributed by atoms with E-state index in [4.69, 9.17) is 5.73 Å². The van der Waals surface area contributed by atoms with E-state index in [-0.39, 0.29) is 37.1 Å². The van der Waals surface area contributed by atoms with E-state index < -0.39 is 23.2 Å². The molecule has 9 heteroatoms. The van der Waals surface area contributed by atoms with Gasteiger partial charge in [-0.15, -0.1) is 24.8 Å². The predicted molar refractivity (Wildman–Crippen MR) is 88.1 cm³/mol. The lowest BCUT2D eigenvalue weighted by atomic mass is 9.90. The Hall–Kier alpha value is -1.05. The first-order valence-electron chi connectivity index (χ1n) is 6.63. The van der Waals surface area contributed by atoms with Gasteiger partial charge >= 0.3 is 6.18 Å². The summed E-state index contributed by atoms with van der Waals surface area (Å²) in [5.41, 5.74) is 4.11. The number of carbonyl (C=O) groups is 1. The van der Waals surface area contributed by atoms with Gasteiger partial charge in [0.15, 0.2) is 0 Å². The lowest BCUT2D eigenvalue weighted by molar-refractivity contribution is -0.137. The maximum atomic E-state index is 12.4. The van der Waals surface area contributed by atoms with Gasteiger partial charge in [0.2, 0.25) is 0 Å². The molecule has 1 unspecified atom stereocenters. The normalized spacial score (nSPS) is 13.6. The first-order chi connectivity index (χ1) is 9.57. The molecule has 0 radical (unpaired) electrons. The Morgan fingerprint density at radius 1 is 1.30 bits per heavy atom. The van der Waals surface area contributed by atoms with Crippen LogP contribution in [0.2, 0.25) is 0 Å². The summed E-state index contributed by atoms with van der Waals surface area (Å²) in [4.78, 5) is 15.6. The molecule has 0 bridgehead atoms. The minimum absolute atomic E-state index is 0. The van der Waals surface area contributed by atoms with E-state index in [0.29, 0.717) is 18.5 Å². The highest BCUT2D eigenvalue weighted by molar-refractivity contribution is 5.92. The summed E-state index contributed by atoms with van der Waals surface area (Å²) in [6.45, 7) is 6.03. The first-order valence-corrected chi connectivity index (χ1v) is 6.63. The summed E-state index contributed by atoms with van der Waals surface area (Å²) >= 11 is 0. The lowest BCUT2D eigenvalue weighted by Gasteiger charge is -2.31. The number of rotatable bonds is 5. The van der Waals surface area contributed by atoms with Crippen molar-refractivity contribution in [2.24, 2.45) is 11.7 Å². The van der Waals surface area contributed by atoms with E-state index in [1.807, 2.05) is 13.8 Å². The zero-order chi connectivity index (χ0) is 16.3. The Balaban J connectivity index is 0. The molecular formula is C14H22Cl2F3N3O. The van der Waals surface area contributed by atoms with Crippen LogP contribution in [0.1, 0.15) is 43.2 Å². The molecule has 0 saturated heterocycles. The van der Waals surface area contributed by atoms with Crippen molar-refractivity contribution in [3.05, 3.63) is 29.6 Å². The average molecular weight is 376 g/mol. The lowest BCUT2D eigenvalue weighted by Crippen LogP contribution is -2.52. The van der Waals surface area contributed by atoms with Gasteiger partial charge in [-0.2, -0.15) is 13.2 Å². The number of nitrogens with one attached hydrogen (secondary N) is 1. The highest BCUT2D eigenvalue weighted by Gasteiger charge is 2.31. The maximum absolute atomic E-state index is 12.4. The van der Waals surface area contributed by atoms with Crippen LogP contribution in [-0.2, 0) is 6.18 Å². The standard InChI is InChI=1S/C14H20F3N3O.2ClH/c1-9(2)6-13(3,8-18)20-12(21)11-5-4-10(7-19-11)14(15,16)17;;/h4-5,7,9H,6,8,18H2,1-3H3,(H,20,21);2*1H. The Kier molecular flexibility index (Phi) is 9.78. The number of halogens is 5. The van der Waals surface area contributed by atoms with Crippen molar-refractivity contribution in [2.45, 2.75) is 38.9 Å². The number of hydrogen-bond donors (Lipinski definition) is 2. The molecule has 0 aliphatic carbocycles. The molecule has 1 amide bonds. The molecule has 0 spiro atoms. The molecule has 134 valence electrons.